The van der Waals surface area contributed by atoms with Crippen LogP contribution in [0.25, 0.3) is 0 Å². The highest BCUT2D eigenvalue weighted by Crippen LogP contribution is 2.15. The number of carbonyl (C=O) groups excluding carboxylic acids is 1. The summed E-state index contributed by atoms with van der Waals surface area (Å²) < 4.78 is 0. The lowest BCUT2D eigenvalue weighted by Crippen LogP contribution is -2.50. The topological polar surface area (TPSA) is 83.0 Å². The molecule has 2 N–H and O–H groups in total. The van der Waals surface area contributed by atoms with Crippen LogP contribution in [0.1, 0.15) is 23.5 Å². The zero-order valence-corrected chi connectivity index (χ0v) is 13.8. The zero-order valence-electron chi connectivity index (χ0n) is 13.0. The van der Waals surface area contributed by atoms with E-state index in [1.54, 1.807) is 29.8 Å². The number of anilines is 1. The summed E-state index contributed by atoms with van der Waals surface area (Å²) in [5.41, 5.74) is 0.894. The quantitative estimate of drug-likeness (QED) is 0.890. The number of nitrogens with one attached hydrogen (secondary N) is 2. The Morgan fingerprint density at radius 3 is 3.00 bits per heavy atom. The monoisotopic (exact) mass is 332 g/mol. The van der Waals surface area contributed by atoms with Crippen molar-refractivity contribution in [2.24, 2.45) is 0 Å². The molecular formula is C15H20N6OS. The molecule has 2 aromatic heterocycles. The van der Waals surface area contributed by atoms with Crippen LogP contribution in [0.3, 0.4) is 0 Å². The van der Waals surface area contributed by atoms with Gasteiger partial charge in [0.2, 0.25) is 5.95 Å². The Labute approximate surface area is 139 Å². The van der Waals surface area contributed by atoms with Crippen LogP contribution in [0.4, 0.5) is 10.7 Å². The van der Waals surface area contributed by atoms with Crippen molar-refractivity contribution in [2.75, 3.05) is 18.0 Å². The Bertz CT molecular complexity index is 646. The van der Waals surface area contributed by atoms with Crippen molar-refractivity contribution >= 4 is 23.3 Å². The molecule has 122 valence electrons. The van der Waals surface area contributed by atoms with Crippen molar-refractivity contribution in [3.8, 4) is 0 Å². The summed E-state index contributed by atoms with van der Waals surface area (Å²) in [6.07, 6.45) is 5.45. The molecule has 7 nitrogen and oxygen atoms in total. The molecule has 3 heterocycles. The van der Waals surface area contributed by atoms with Gasteiger partial charge in [0, 0.05) is 36.9 Å². The molecule has 1 aliphatic rings. The molecule has 0 aliphatic carbocycles. The molecule has 0 spiro atoms. The van der Waals surface area contributed by atoms with Gasteiger partial charge in [-0.2, -0.15) is 0 Å². The third-order valence-corrected chi connectivity index (χ3v) is 4.51. The molecule has 0 radical (unpaired) electrons. The molecular weight excluding hydrogens is 312 g/mol. The van der Waals surface area contributed by atoms with Gasteiger partial charge < -0.3 is 15.5 Å². The van der Waals surface area contributed by atoms with Crippen molar-refractivity contribution in [1.82, 2.24) is 25.6 Å². The lowest BCUT2D eigenvalue weighted by atomic mass is 10.1. The van der Waals surface area contributed by atoms with Crippen LogP contribution >= 0.6 is 11.3 Å². The Kier molecular flexibility index (Phi) is 5.02. The third kappa shape index (κ3) is 4.38. The number of hydrogen-bond acceptors (Lipinski definition) is 6. The number of aryl methyl sites for hydroxylation is 1. The molecule has 3 rings (SSSR count). The molecule has 0 saturated carbocycles. The van der Waals surface area contributed by atoms with Gasteiger partial charge in [0.25, 0.3) is 0 Å². The maximum atomic E-state index is 12.0. The van der Waals surface area contributed by atoms with E-state index in [9.17, 15) is 4.79 Å². The number of aromatic nitrogens is 3. The van der Waals surface area contributed by atoms with Crippen LogP contribution in [-0.2, 0) is 6.54 Å². The highest BCUT2D eigenvalue weighted by Gasteiger charge is 2.22. The first-order chi connectivity index (χ1) is 11.2. The first kappa shape index (κ1) is 15.7. The number of thiazole rings is 1. The smallest absolute Gasteiger partial charge is 0.315 e. The van der Waals surface area contributed by atoms with Crippen molar-refractivity contribution in [1.29, 1.82) is 0 Å². The van der Waals surface area contributed by atoms with Crippen LogP contribution in [0.15, 0.2) is 23.8 Å². The number of carbonyl (C=O) groups is 1. The third-order valence-electron chi connectivity index (χ3n) is 3.69. The highest BCUT2D eigenvalue weighted by molar-refractivity contribution is 7.09. The second kappa shape index (κ2) is 7.36. The lowest BCUT2D eigenvalue weighted by molar-refractivity contribution is 0.234. The normalized spacial score (nSPS) is 17.8. The first-order valence-electron chi connectivity index (χ1n) is 7.68. The fourth-order valence-corrected chi connectivity index (χ4v) is 3.24. The average molecular weight is 332 g/mol. The van der Waals surface area contributed by atoms with Gasteiger partial charge in [0.15, 0.2) is 0 Å². The van der Waals surface area contributed by atoms with Crippen LogP contribution in [-0.4, -0.2) is 40.1 Å². The van der Waals surface area contributed by atoms with Gasteiger partial charge in [-0.05, 0) is 25.8 Å². The van der Waals surface area contributed by atoms with Crippen LogP contribution < -0.4 is 15.5 Å². The minimum atomic E-state index is -0.156. The molecule has 8 heteroatoms. The summed E-state index contributed by atoms with van der Waals surface area (Å²) in [5, 5.41) is 8.85. The van der Waals surface area contributed by atoms with Gasteiger partial charge >= 0.3 is 6.03 Å². The number of amides is 2. The van der Waals surface area contributed by atoms with E-state index in [1.165, 1.54) is 0 Å². The number of nitrogens with zero attached hydrogens (tertiary/aromatic N) is 4. The number of urea groups is 1. The molecule has 2 aromatic rings. The summed E-state index contributed by atoms with van der Waals surface area (Å²) in [4.78, 5) is 27.0. The van der Waals surface area contributed by atoms with E-state index in [1.807, 2.05) is 12.3 Å². The SMILES string of the molecule is Cc1nc(CNC(=O)N[C@@H]2CCCN(c3ncccn3)C2)cs1. The van der Waals surface area contributed by atoms with Gasteiger partial charge in [-0.15, -0.1) is 11.3 Å². The number of hydrogen-bond donors (Lipinski definition) is 2. The Balaban J connectivity index is 1.48. The van der Waals surface area contributed by atoms with Crippen molar-refractivity contribution in [2.45, 2.75) is 32.4 Å². The average Bonchev–Trinajstić information content (AvgIpc) is 3.00. The molecule has 0 bridgehead atoms. The van der Waals surface area contributed by atoms with E-state index >= 15 is 0 Å². The Morgan fingerprint density at radius 1 is 1.43 bits per heavy atom. The van der Waals surface area contributed by atoms with E-state index in [2.05, 4.69) is 30.5 Å². The van der Waals surface area contributed by atoms with Gasteiger partial charge in [0.05, 0.1) is 17.2 Å². The molecule has 0 aromatic carbocycles. The summed E-state index contributed by atoms with van der Waals surface area (Å²) in [6.45, 7) is 4.06. The molecule has 1 aliphatic heterocycles. The van der Waals surface area contributed by atoms with Gasteiger partial charge in [0.1, 0.15) is 0 Å². The Hall–Kier alpha value is -2.22. The minimum absolute atomic E-state index is 0.102. The molecule has 1 fully saturated rings. The second-order valence-electron chi connectivity index (χ2n) is 5.52. The van der Waals surface area contributed by atoms with E-state index in [0.29, 0.717) is 6.54 Å². The van der Waals surface area contributed by atoms with E-state index in [4.69, 9.17) is 0 Å². The summed E-state index contributed by atoms with van der Waals surface area (Å²) in [5.74, 6) is 0.720. The molecule has 1 atom stereocenters. The molecule has 23 heavy (non-hydrogen) atoms. The summed E-state index contributed by atoms with van der Waals surface area (Å²) in [6, 6.07) is 1.75. The second-order valence-corrected chi connectivity index (χ2v) is 6.58. The number of rotatable bonds is 4. The first-order valence-corrected chi connectivity index (χ1v) is 8.56. The Morgan fingerprint density at radius 2 is 2.26 bits per heavy atom. The molecule has 2 amide bonds. The van der Waals surface area contributed by atoms with Gasteiger partial charge in [-0.3, -0.25) is 0 Å². The maximum Gasteiger partial charge on any atom is 0.315 e. The van der Waals surface area contributed by atoms with Crippen molar-refractivity contribution in [3.05, 3.63) is 34.5 Å². The predicted molar refractivity (Wildman–Crippen MR) is 89.5 cm³/mol. The minimum Gasteiger partial charge on any atom is -0.339 e. The van der Waals surface area contributed by atoms with Crippen LogP contribution in [0.5, 0.6) is 0 Å². The van der Waals surface area contributed by atoms with Crippen LogP contribution in [0.2, 0.25) is 0 Å². The summed E-state index contributed by atoms with van der Waals surface area (Å²) in [7, 11) is 0. The van der Waals surface area contributed by atoms with Crippen molar-refractivity contribution in [3.63, 3.8) is 0 Å². The highest BCUT2D eigenvalue weighted by atomic mass is 32.1. The predicted octanol–water partition coefficient (Wildman–Crippen LogP) is 1.71. The molecule has 1 saturated heterocycles. The standard InChI is InChI=1S/C15H20N6OS/c1-11-19-13(10-23-11)8-18-15(22)20-12-4-2-7-21(9-12)14-16-5-3-6-17-14/h3,5-6,10,12H,2,4,7-9H2,1H3,(H2,18,20,22)/t12-/m1/s1. The lowest BCUT2D eigenvalue weighted by Gasteiger charge is -2.33. The van der Waals surface area contributed by atoms with E-state index in [-0.39, 0.29) is 12.1 Å². The van der Waals surface area contributed by atoms with E-state index < -0.39 is 0 Å². The van der Waals surface area contributed by atoms with E-state index in [0.717, 1.165) is 42.6 Å². The number of piperidine rings is 1. The fourth-order valence-electron chi connectivity index (χ4n) is 2.63. The van der Waals surface area contributed by atoms with Crippen LogP contribution in [0, 0.1) is 6.92 Å². The zero-order chi connectivity index (χ0) is 16.1. The maximum absolute atomic E-state index is 12.0. The fraction of sp³-hybridized carbons (Fsp3) is 0.467. The van der Waals surface area contributed by atoms with Gasteiger partial charge in [-0.1, -0.05) is 0 Å². The summed E-state index contributed by atoms with van der Waals surface area (Å²) >= 11 is 1.59. The van der Waals surface area contributed by atoms with Crippen molar-refractivity contribution < 1.29 is 4.79 Å². The molecule has 0 unspecified atom stereocenters. The van der Waals surface area contributed by atoms with Gasteiger partial charge in [-0.25, -0.2) is 19.7 Å². The largest absolute Gasteiger partial charge is 0.339 e.